The number of pyridine rings is 1. The van der Waals surface area contributed by atoms with Crippen LogP contribution in [0.1, 0.15) is 5.56 Å². The minimum atomic E-state index is 0.549. The molecule has 3 rings (SSSR count). The fraction of sp³-hybridized carbons (Fsp3) is 0.0526. The van der Waals surface area contributed by atoms with Gasteiger partial charge in [-0.2, -0.15) is 0 Å². The van der Waals surface area contributed by atoms with Crippen molar-refractivity contribution in [3.8, 4) is 11.1 Å². The zero-order chi connectivity index (χ0) is 16.8. The van der Waals surface area contributed by atoms with E-state index in [4.69, 9.17) is 12.2 Å². The summed E-state index contributed by atoms with van der Waals surface area (Å²) in [7, 11) is 0. The van der Waals surface area contributed by atoms with Gasteiger partial charge in [-0.05, 0) is 57.0 Å². The van der Waals surface area contributed by atoms with E-state index < -0.39 is 0 Å². The molecule has 2 N–H and O–H groups in total. The van der Waals surface area contributed by atoms with Crippen LogP contribution in [0.15, 0.2) is 77.4 Å². The van der Waals surface area contributed by atoms with Crippen LogP contribution in [0.4, 0.5) is 5.82 Å². The minimum absolute atomic E-state index is 0.549. The molecule has 0 aliphatic heterocycles. The molecule has 0 fully saturated rings. The van der Waals surface area contributed by atoms with Gasteiger partial charge in [-0.15, -0.1) is 0 Å². The molecule has 0 radical (unpaired) electrons. The summed E-state index contributed by atoms with van der Waals surface area (Å²) in [6.07, 6.45) is 1.73. The molecule has 0 aliphatic rings. The van der Waals surface area contributed by atoms with E-state index in [1.54, 1.807) is 6.20 Å². The van der Waals surface area contributed by atoms with Crippen molar-refractivity contribution >= 4 is 39.1 Å². The van der Waals surface area contributed by atoms with E-state index in [1.165, 1.54) is 16.7 Å². The number of rotatable bonds is 4. The Morgan fingerprint density at radius 1 is 0.958 bits per heavy atom. The Morgan fingerprint density at radius 2 is 1.71 bits per heavy atom. The Bertz CT molecular complexity index is 820. The number of hydrogen-bond acceptors (Lipinski definition) is 2. The van der Waals surface area contributed by atoms with Crippen LogP contribution in [0.2, 0.25) is 0 Å². The van der Waals surface area contributed by atoms with Gasteiger partial charge in [-0.25, -0.2) is 4.98 Å². The number of thiocarbonyl (C=S) groups is 1. The lowest BCUT2D eigenvalue weighted by molar-refractivity contribution is 0.927. The lowest BCUT2D eigenvalue weighted by atomic mass is 10.00. The molecule has 1 heterocycles. The summed E-state index contributed by atoms with van der Waals surface area (Å²) in [5, 5.41) is 6.88. The van der Waals surface area contributed by atoms with Crippen molar-refractivity contribution in [2.45, 2.75) is 6.54 Å². The van der Waals surface area contributed by atoms with E-state index in [0.717, 1.165) is 4.47 Å². The van der Waals surface area contributed by atoms with Gasteiger partial charge in [-0.1, -0.05) is 54.6 Å². The lowest BCUT2D eigenvalue weighted by Gasteiger charge is -2.13. The molecule has 0 saturated heterocycles. The van der Waals surface area contributed by atoms with E-state index in [0.29, 0.717) is 17.5 Å². The van der Waals surface area contributed by atoms with Gasteiger partial charge in [0, 0.05) is 17.2 Å². The number of nitrogens with zero attached hydrogens (tertiary/aromatic N) is 1. The predicted molar refractivity (Wildman–Crippen MR) is 107 cm³/mol. The van der Waals surface area contributed by atoms with Crippen molar-refractivity contribution in [2.75, 3.05) is 5.32 Å². The highest BCUT2D eigenvalue weighted by molar-refractivity contribution is 9.10. The Labute approximate surface area is 155 Å². The van der Waals surface area contributed by atoms with Crippen LogP contribution >= 0.6 is 28.1 Å². The van der Waals surface area contributed by atoms with Crippen molar-refractivity contribution in [1.82, 2.24) is 10.3 Å². The Kier molecular flexibility index (Phi) is 5.56. The minimum Gasteiger partial charge on any atom is -0.358 e. The van der Waals surface area contributed by atoms with Crippen molar-refractivity contribution in [2.24, 2.45) is 0 Å². The number of hydrogen-bond donors (Lipinski definition) is 2. The van der Waals surface area contributed by atoms with Crippen LogP contribution in [0.25, 0.3) is 11.1 Å². The number of aromatic nitrogens is 1. The van der Waals surface area contributed by atoms with E-state index in [-0.39, 0.29) is 0 Å². The third kappa shape index (κ3) is 4.40. The van der Waals surface area contributed by atoms with Gasteiger partial charge in [0.1, 0.15) is 5.82 Å². The molecule has 0 bridgehead atoms. The molecule has 3 nitrogen and oxygen atoms in total. The molecular weight excluding hydrogens is 382 g/mol. The van der Waals surface area contributed by atoms with Crippen LogP contribution in [-0.4, -0.2) is 10.1 Å². The molecule has 24 heavy (non-hydrogen) atoms. The quantitative estimate of drug-likeness (QED) is 0.607. The Balaban J connectivity index is 1.66. The van der Waals surface area contributed by atoms with Crippen LogP contribution in [-0.2, 0) is 6.54 Å². The SMILES string of the molecule is S=C(NCc1ccccc1-c1ccccc1)Nc1ccc(Br)cn1. The number of anilines is 1. The molecule has 120 valence electrons. The van der Waals surface area contributed by atoms with E-state index in [1.807, 2.05) is 42.5 Å². The summed E-state index contributed by atoms with van der Waals surface area (Å²) in [6, 6.07) is 22.4. The Hall–Kier alpha value is -2.24. The second-order valence-corrected chi connectivity index (χ2v) is 6.52. The van der Waals surface area contributed by atoms with Gasteiger partial charge in [0.25, 0.3) is 0 Å². The van der Waals surface area contributed by atoms with Crippen LogP contribution in [0.5, 0.6) is 0 Å². The summed E-state index contributed by atoms with van der Waals surface area (Å²) in [6.45, 7) is 0.646. The fourth-order valence-electron chi connectivity index (χ4n) is 2.36. The van der Waals surface area contributed by atoms with Crippen molar-refractivity contribution in [3.63, 3.8) is 0 Å². The van der Waals surface area contributed by atoms with E-state index in [9.17, 15) is 0 Å². The van der Waals surface area contributed by atoms with Gasteiger partial charge >= 0.3 is 0 Å². The molecule has 0 amide bonds. The maximum Gasteiger partial charge on any atom is 0.172 e. The van der Waals surface area contributed by atoms with Crippen molar-refractivity contribution in [1.29, 1.82) is 0 Å². The first kappa shape index (κ1) is 16.6. The summed E-state index contributed by atoms with van der Waals surface area (Å²) in [5.41, 5.74) is 3.59. The van der Waals surface area contributed by atoms with Crippen LogP contribution < -0.4 is 10.6 Å². The molecule has 0 saturated carbocycles. The Morgan fingerprint density at radius 3 is 2.46 bits per heavy atom. The second-order valence-electron chi connectivity index (χ2n) is 5.19. The lowest BCUT2D eigenvalue weighted by Crippen LogP contribution is -2.28. The van der Waals surface area contributed by atoms with E-state index in [2.05, 4.69) is 55.8 Å². The topological polar surface area (TPSA) is 37.0 Å². The second kappa shape index (κ2) is 8.04. The molecule has 0 unspecified atom stereocenters. The summed E-state index contributed by atoms with van der Waals surface area (Å²) in [5.74, 6) is 0.715. The molecule has 1 aromatic heterocycles. The summed E-state index contributed by atoms with van der Waals surface area (Å²) >= 11 is 8.72. The van der Waals surface area contributed by atoms with Crippen molar-refractivity contribution in [3.05, 3.63) is 83.0 Å². The zero-order valence-corrected chi connectivity index (χ0v) is 15.3. The largest absolute Gasteiger partial charge is 0.358 e. The van der Waals surface area contributed by atoms with Crippen LogP contribution in [0, 0.1) is 0 Å². The van der Waals surface area contributed by atoms with Crippen LogP contribution in [0.3, 0.4) is 0 Å². The third-order valence-corrected chi connectivity index (χ3v) is 4.23. The first-order valence-electron chi connectivity index (χ1n) is 7.52. The summed E-state index contributed by atoms with van der Waals surface area (Å²) in [4.78, 5) is 4.25. The fourth-order valence-corrected chi connectivity index (χ4v) is 2.77. The highest BCUT2D eigenvalue weighted by atomic mass is 79.9. The summed E-state index contributed by atoms with van der Waals surface area (Å²) < 4.78 is 0.934. The van der Waals surface area contributed by atoms with Crippen molar-refractivity contribution < 1.29 is 0 Å². The zero-order valence-electron chi connectivity index (χ0n) is 12.9. The van der Waals surface area contributed by atoms with Gasteiger partial charge in [0.2, 0.25) is 0 Å². The molecule has 0 atom stereocenters. The molecule has 0 spiro atoms. The molecule has 3 aromatic rings. The highest BCUT2D eigenvalue weighted by Gasteiger charge is 2.05. The van der Waals surface area contributed by atoms with Gasteiger partial charge < -0.3 is 10.6 Å². The molecule has 2 aromatic carbocycles. The standard InChI is InChI=1S/C19H16BrN3S/c20-16-10-11-18(21-13-16)23-19(24)22-12-15-8-4-5-9-17(15)14-6-2-1-3-7-14/h1-11,13H,12H2,(H2,21,22,23,24). The number of benzene rings is 2. The van der Waals surface area contributed by atoms with E-state index >= 15 is 0 Å². The monoisotopic (exact) mass is 397 g/mol. The number of nitrogens with one attached hydrogen (secondary N) is 2. The predicted octanol–water partition coefficient (Wildman–Crippen LogP) is 5.00. The molecule has 5 heteroatoms. The first-order chi connectivity index (χ1) is 11.7. The maximum absolute atomic E-state index is 5.35. The van der Waals surface area contributed by atoms with Gasteiger partial charge in [0.15, 0.2) is 5.11 Å². The normalized spacial score (nSPS) is 10.2. The van der Waals surface area contributed by atoms with Gasteiger partial charge in [-0.3, -0.25) is 0 Å². The average molecular weight is 398 g/mol. The average Bonchev–Trinajstić information content (AvgIpc) is 2.63. The third-order valence-electron chi connectivity index (χ3n) is 3.51. The maximum atomic E-state index is 5.35. The smallest absolute Gasteiger partial charge is 0.172 e. The highest BCUT2D eigenvalue weighted by Crippen LogP contribution is 2.23. The number of halogens is 1. The molecule has 0 aliphatic carbocycles. The first-order valence-corrected chi connectivity index (χ1v) is 8.72. The molecular formula is C19H16BrN3S. The van der Waals surface area contributed by atoms with Gasteiger partial charge in [0.05, 0.1) is 0 Å².